The lowest BCUT2D eigenvalue weighted by atomic mass is 9.96. The van der Waals surface area contributed by atoms with Crippen molar-refractivity contribution in [3.8, 4) is 11.5 Å². The van der Waals surface area contributed by atoms with Crippen LogP contribution in [0.1, 0.15) is 36.0 Å². The lowest BCUT2D eigenvalue weighted by Crippen LogP contribution is -2.12. The summed E-state index contributed by atoms with van der Waals surface area (Å²) in [7, 11) is 0. The van der Waals surface area contributed by atoms with E-state index in [-0.39, 0.29) is 17.5 Å². The molecule has 1 aliphatic heterocycles. The molecule has 0 N–H and O–H groups in total. The van der Waals surface area contributed by atoms with Gasteiger partial charge in [0.25, 0.3) is 0 Å². The monoisotopic (exact) mass is 260 g/mol. The Balaban J connectivity index is 1.83. The molecule has 0 radical (unpaired) electrons. The molecule has 1 unspecified atom stereocenters. The van der Waals surface area contributed by atoms with E-state index in [0.29, 0.717) is 49.5 Å². The Morgan fingerprint density at radius 2 is 1.95 bits per heavy atom. The van der Waals surface area contributed by atoms with Gasteiger partial charge in [0.1, 0.15) is 5.78 Å². The summed E-state index contributed by atoms with van der Waals surface area (Å²) in [5.74, 6) is 1.40. The van der Waals surface area contributed by atoms with Crippen molar-refractivity contribution >= 4 is 11.6 Å². The van der Waals surface area contributed by atoms with Gasteiger partial charge < -0.3 is 9.47 Å². The van der Waals surface area contributed by atoms with Crippen LogP contribution in [-0.2, 0) is 4.79 Å². The topological polar surface area (TPSA) is 52.6 Å². The van der Waals surface area contributed by atoms with Gasteiger partial charge in [-0.15, -0.1) is 0 Å². The molecule has 1 aliphatic carbocycles. The van der Waals surface area contributed by atoms with Crippen LogP contribution in [0.25, 0.3) is 0 Å². The average Bonchev–Trinajstić information content (AvgIpc) is 2.72. The summed E-state index contributed by atoms with van der Waals surface area (Å²) < 4.78 is 11.1. The smallest absolute Gasteiger partial charge is 0.166 e. The second-order valence-corrected chi connectivity index (χ2v) is 5.05. The molecule has 1 aromatic rings. The van der Waals surface area contributed by atoms with E-state index in [2.05, 4.69) is 0 Å². The van der Waals surface area contributed by atoms with Crippen molar-refractivity contribution in [3.63, 3.8) is 0 Å². The summed E-state index contributed by atoms with van der Waals surface area (Å²) in [6.07, 6.45) is 2.43. The summed E-state index contributed by atoms with van der Waals surface area (Å²) in [4.78, 5) is 23.6. The van der Waals surface area contributed by atoms with Gasteiger partial charge in [-0.25, -0.2) is 0 Å². The van der Waals surface area contributed by atoms with E-state index in [1.165, 1.54) is 0 Å². The molecule has 1 aromatic carbocycles. The Morgan fingerprint density at radius 1 is 1.16 bits per heavy atom. The van der Waals surface area contributed by atoms with Crippen molar-refractivity contribution < 1.29 is 19.1 Å². The minimum Gasteiger partial charge on any atom is -0.490 e. The highest BCUT2D eigenvalue weighted by molar-refractivity contribution is 6.02. The maximum Gasteiger partial charge on any atom is 0.166 e. The average molecular weight is 260 g/mol. The van der Waals surface area contributed by atoms with Crippen molar-refractivity contribution in [3.05, 3.63) is 23.8 Å². The third-order valence-corrected chi connectivity index (χ3v) is 3.65. The number of Topliss-reactive ketones (excluding diaryl/α,β-unsaturated/α-hetero) is 2. The van der Waals surface area contributed by atoms with Crippen molar-refractivity contribution in [2.45, 2.75) is 25.7 Å². The summed E-state index contributed by atoms with van der Waals surface area (Å²) in [6.45, 7) is 1.24. The van der Waals surface area contributed by atoms with Crippen LogP contribution in [0.5, 0.6) is 11.5 Å². The fourth-order valence-electron chi connectivity index (χ4n) is 2.59. The Bertz CT molecular complexity index is 521. The predicted octanol–water partition coefficient (Wildman–Crippen LogP) is 2.40. The van der Waals surface area contributed by atoms with Gasteiger partial charge in [0.15, 0.2) is 17.3 Å². The number of ether oxygens (including phenoxy) is 2. The number of benzene rings is 1. The highest BCUT2D eigenvalue weighted by Crippen LogP contribution is 2.33. The second-order valence-electron chi connectivity index (χ2n) is 5.05. The highest BCUT2D eigenvalue weighted by Gasteiger charge is 2.29. The van der Waals surface area contributed by atoms with E-state index in [9.17, 15) is 9.59 Å². The van der Waals surface area contributed by atoms with Gasteiger partial charge in [-0.3, -0.25) is 9.59 Å². The molecule has 19 heavy (non-hydrogen) atoms. The molecule has 1 saturated carbocycles. The molecule has 1 fully saturated rings. The third-order valence-electron chi connectivity index (χ3n) is 3.65. The first-order valence-corrected chi connectivity index (χ1v) is 6.69. The molecule has 4 nitrogen and oxygen atoms in total. The SMILES string of the molecule is O=C1CCC(C(=O)c2ccc3c(c2)OCCCO3)C1. The maximum atomic E-state index is 12.3. The molecule has 100 valence electrons. The molecule has 0 spiro atoms. The molecule has 1 atom stereocenters. The zero-order chi connectivity index (χ0) is 13.2. The molecule has 0 bridgehead atoms. The van der Waals surface area contributed by atoms with Gasteiger partial charge in [0.05, 0.1) is 13.2 Å². The molecular weight excluding hydrogens is 244 g/mol. The molecular formula is C15H16O4. The van der Waals surface area contributed by atoms with Crippen LogP contribution in [0.3, 0.4) is 0 Å². The molecule has 2 aliphatic rings. The normalized spacial score (nSPS) is 22.1. The number of carbonyl (C=O) groups excluding carboxylic acids is 2. The number of hydrogen-bond donors (Lipinski definition) is 0. The summed E-state index contributed by atoms with van der Waals surface area (Å²) in [5.41, 5.74) is 0.615. The van der Waals surface area contributed by atoms with Gasteiger partial charge in [-0.05, 0) is 24.6 Å². The lowest BCUT2D eigenvalue weighted by molar-refractivity contribution is -0.117. The van der Waals surface area contributed by atoms with Gasteiger partial charge in [0, 0.05) is 30.7 Å². The van der Waals surface area contributed by atoms with Gasteiger partial charge in [-0.2, -0.15) is 0 Å². The molecule has 1 heterocycles. The van der Waals surface area contributed by atoms with Crippen LogP contribution in [-0.4, -0.2) is 24.8 Å². The van der Waals surface area contributed by atoms with E-state index in [4.69, 9.17) is 9.47 Å². The molecule has 3 rings (SSSR count). The van der Waals surface area contributed by atoms with E-state index in [0.717, 1.165) is 6.42 Å². The number of carbonyl (C=O) groups is 2. The fraction of sp³-hybridized carbons (Fsp3) is 0.467. The van der Waals surface area contributed by atoms with E-state index < -0.39 is 0 Å². The Labute approximate surface area is 111 Å². The van der Waals surface area contributed by atoms with Crippen LogP contribution in [0, 0.1) is 5.92 Å². The minimum atomic E-state index is -0.155. The van der Waals surface area contributed by atoms with Crippen LogP contribution < -0.4 is 9.47 Å². The summed E-state index contributed by atoms with van der Waals surface area (Å²) in [6, 6.07) is 5.29. The van der Waals surface area contributed by atoms with Gasteiger partial charge in [-0.1, -0.05) is 0 Å². The molecule has 0 aromatic heterocycles. The number of ketones is 2. The fourth-order valence-corrected chi connectivity index (χ4v) is 2.59. The highest BCUT2D eigenvalue weighted by atomic mass is 16.5. The molecule has 0 amide bonds. The van der Waals surface area contributed by atoms with Crippen molar-refractivity contribution in [1.29, 1.82) is 0 Å². The van der Waals surface area contributed by atoms with Crippen LogP contribution in [0.15, 0.2) is 18.2 Å². The largest absolute Gasteiger partial charge is 0.490 e. The van der Waals surface area contributed by atoms with Crippen LogP contribution in [0.4, 0.5) is 0 Å². The third kappa shape index (κ3) is 2.48. The number of fused-ring (bicyclic) bond motifs is 1. The molecule has 0 saturated heterocycles. The zero-order valence-corrected chi connectivity index (χ0v) is 10.7. The van der Waals surface area contributed by atoms with Crippen LogP contribution >= 0.6 is 0 Å². The lowest BCUT2D eigenvalue weighted by Gasteiger charge is -2.11. The molecule has 4 heteroatoms. The van der Waals surface area contributed by atoms with E-state index in [1.54, 1.807) is 18.2 Å². The number of hydrogen-bond acceptors (Lipinski definition) is 4. The van der Waals surface area contributed by atoms with E-state index >= 15 is 0 Å². The summed E-state index contributed by atoms with van der Waals surface area (Å²) in [5, 5.41) is 0. The van der Waals surface area contributed by atoms with Crippen LogP contribution in [0.2, 0.25) is 0 Å². The van der Waals surface area contributed by atoms with Crippen molar-refractivity contribution in [2.24, 2.45) is 5.92 Å². The van der Waals surface area contributed by atoms with Gasteiger partial charge in [0.2, 0.25) is 0 Å². The number of rotatable bonds is 2. The standard InChI is InChI=1S/C15H16O4/c16-12-4-2-10(8-12)15(17)11-3-5-13-14(9-11)19-7-1-6-18-13/h3,5,9-10H,1-2,4,6-8H2. The minimum absolute atomic E-state index is 0.0431. The first kappa shape index (κ1) is 12.2. The second kappa shape index (κ2) is 5.03. The summed E-state index contributed by atoms with van der Waals surface area (Å²) >= 11 is 0. The van der Waals surface area contributed by atoms with Crippen molar-refractivity contribution in [2.75, 3.05) is 13.2 Å². The predicted molar refractivity (Wildman–Crippen MR) is 68.7 cm³/mol. The first-order chi connectivity index (χ1) is 9.24. The van der Waals surface area contributed by atoms with Crippen molar-refractivity contribution in [1.82, 2.24) is 0 Å². The van der Waals surface area contributed by atoms with Gasteiger partial charge >= 0.3 is 0 Å². The Morgan fingerprint density at radius 3 is 2.68 bits per heavy atom. The van der Waals surface area contributed by atoms with E-state index in [1.807, 2.05) is 0 Å². The zero-order valence-electron chi connectivity index (χ0n) is 10.7. The Kier molecular flexibility index (Phi) is 3.23. The quantitative estimate of drug-likeness (QED) is 0.766. The first-order valence-electron chi connectivity index (χ1n) is 6.69. The Hall–Kier alpha value is -1.84. The maximum absolute atomic E-state index is 12.3.